The van der Waals surface area contributed by atoms with Crippen molar-refractivity contribution in [2.24, 2.45) is 5.10 Å². The van der Waals surface area contributed by atoms with E-state index in [1.165, 1.54) is 16.8 Å². The Balaban J connectivity index is 1.58. The van der Waals surface area contributed by atoms with Gasteiger partial charge in [-0.2, -0.15) is 9.78 Å². The zero-order chi connectivity index (χ0) is 30.8. The molecule has 0 aliphatic rings. The van der Waals surface area contributed by atoms with Gasteiger partial charge in [-0.15, -0.1) is 0 Å². The summed E-state index contributed by atoms with van der Waals surface area (Å²) in [5.74, 6) is 2.18. The Kier molecular flexibility index (Phi) is 9.05. The van der Waals surface area contributed by atoms with Gasteiger partial charge in [-0.3, -0.25) is 14.9 Å². The molecule has 0 atom stereocenters. The van der Waals surface area contributed by atoms with Gasteiger partial charge in [0.1, 0.15) is 11.9 Å². The van der Waals surface area contributed by atoms with Crippen LogP contribution in [0.25, 0.3) is 22.3 Å². The third-order valence-electron chi connectivity index (χ3n) is 6.67. The van der Waals surface area contributed by atoms with Crippen LogP contribution in [0.15, 0.2) is 76.8 Å². The van der Waals surface area contributed by atoms with Crippen molar-refractivity contribution in [1.82, 2.24) is 14.6 Å². The van der Waals surface area contributed by atoms with Gasteiger partial charge in [0, 0.05) is 17.7 Å². The van der Waals surface area contributed by atoms with E-state index in [2.05, 4.69) is 69.1 Å². The molecule has 0 bridgehead atoms. The van der Waals surface area contributed by atoms with Crippen LogP contribution in [-0.4, -0.2) is 32.9 Å². The van der Waals surface area contributed by atoms with E-state index in [9.17, 15) is 14.9 Å². The molecule has 0 aliphatic carbocycles. The van der Waals surface area contributed by atoms with Gasteiger partial charge in [0.2, 0.25) is 5.88 Å². The summed E-state index contributed by atoms with van der Waals surface area (Å²) in [6.07, 6.45) is 2.76. The fourth-order valence-electron chi connectivity index (χ4n) is 4.49. The first-order valence-electron chi connectivity index (χ1n) is 13.1. The van der Waals surface area contributed by atoms with Gasteiger partial charge in [0.25, 0.3) is 11.2 Å². The molecule has 218 valence electrons. The number of pyridine rings is 1. The molecule has 0 amide bonds. The highest BCUT2D eigenvalue weighted by molar-refractivity contribution is 14.1. The molecule has 43 heavy (non-hydrogen) atoms. The molecule has 0 N–H and O–H groups in total. The van der Waals surface area contributed by atoms with Crippen LogP contribution in [0.2, 0.25) is 0 Å². The molecule has 5 aromatic rings. The second kappa shape index (κ2) is 12.8. The molecule has 0 saturated carbocycles. The van der Waals surface area contributed by atoms with Crippen LogP contribution in [0.1, 0.15) is 36.5 Å². The predicted octanol–water partition coefficient (Wildman–Crippen LogP) is 7.69. The zero-order valence-electron chi connectivity index (χ0n) is 23.5. The van der Waals surface area contributed by atoms with E-state index in [0.29, 0.717) is 22.5 Å². The molecular weight excluding hydrogens is 776 g/mol. The van der Waals surface area contributed by atoms with Gasteiger partial charge in [0.15, 0.2) is 11.6 Å². The fourth-order valence-corrected chi connectivity index (χ4v) is 6.53. The van der Waals surface area contributed by atoms with E-state index in [-0.39, 0.29) is 23.0 Å². The standard InChI is InChI=1S/C31H25I2N5O5/c1-17(2)22-14-23(18(3)11-27(22)42-4)30-36-26-8-6-5-7-21(26)31(39)37(30)35-15-19-12-24(32)29(25(33)13-19)43-28-10-9-20(16-34-28)38(40)41/h5-17H,1-4H3. The number of aryl methyl sites for hydroxylation is 1. The maximum Gasteiger partial charge on any atom is 0.287 e. The summed E-state index contributed by atoms with van der Waals surface area (Å²) < 4.78 is 14.4. The summed E-state index contributed by atoms with van der Waals surface area (Å²) in [5.41, 5.74) is 3.60. The summed E-state index contributed by atoms with van der Waals surface area (Å²) in [5, 5.41) is 16.0. The van der Waals surface area contributed by atoms with Crippen LogP contribution < -0.4 is 15.0 Å². The number of hydrogen-bond acceptors (Lipinski definition) is 8. The summed E-state index contributed by atoms with van der Waals surface area (Å²) in [6.45, 7) is 6.13. The van der Waals surface area contributed by atoms with Crippen LogP contribution in [-0.2, 0) is 0 Å². The van der Waals surface area contributed by atoms with Crippen LogP contribution >= 0.6 is 45.2 Å². The highest BCUT2D eigenvalue weighted by Crippen LogP contribution is 2.35. The van der Waals surface area contributed by atoms with Crippen LogP contribution in [0.5, 0.6) is 17.4 Å². The zero-order valence-corrected chi connectivity index (χ0v) is 27.9. The fraction of sp³-hybridized carbons (Fsp3) is 0.161. The number of nitro groups is 1. The summed E-state index contributed by atoms with van der Waals surface area (Å²) >= 11 is 4.29. The molecule has 2 aromatic heterocycles. The molecule has 0 radical (unpaired) electrons. The van der Waals surface area contributed by atoms with Crippen LogP contribution in [0.4, 0.5) is 5.69 Å². The number of benzene rings is 3. The first kappa shape index (κ1) is 30.5. The maximum atomic E-state index is 13.8. The summed E-state index contributed by atoms with van der Waals surface area (Å²) in [4.78, 5) is 33.1. The number of rotatable bonds is 8. The Labute approximate surface area is 274 Å². The third-order valence-corrected chi connectivity index (χ3v) is 8.28. The molecule has 10 nitrogen and oxygen atoms in total. The number of halogens is 2. The van der Waals surface area contributed by atoms with Gasteiger partial charge in [-0.05, 0) is 111 Å². The Bertz CT molecular complexity index is 1930. The van der Waals surface area contributed by atoms with E-state index >= 15 is 0 Å². The van der Waals surface area contributed by atoms with Gasteiger partial charge in [-0.25, -0.2) is 9.97 Å². The molecular formula is C31H25I2N5O5. The highest BCUT2D eigenvalue weighted by atomic mass is 127. The molecule has 12 heteroatoms. The molecule has 0 aliphatic heterocycles. The maximum absolute atomic E-state index is 13.8. The first-order chi connectivity index (χ1) is 20.6. The molecule has 0 fully saturated rings. The Morgan fingerprint density at radius 3 is 2.42 bits per heavy atom. The van der Waals surface area contributed by atoms with Gasteiger partial charge in [0.05, 0.1) is 36.3 Å². The lowest BCUT2D eigenvalue weighted by Crippen LogP contribution is -2.21. The van der Waals surface area contributed by atoms with Crippen LogP contribution in [0.3, 0.4) is 0 Å². The minimum Gasteiger partial charge on any atom is -0.496 e. The Morgan fingerprint density at radius 2 is 1.79 bits per heavy atom. The van der Waals surface area contributed by atoms with Crippen molar-refractivity contribution in [3.05, 3.63) is 111 Å². The van der Waals surface area contributed by atoms with Crippen LogP contribution in [0, 0.1) is 24.2 Å². The molecule has 0 saturated heterocycles. The second-order valence-corrected chi connectivity index (χ2v) is 12.2. The van der Waals surface area contributed by atoms with Crippen molar-refractivity contribution in [3.63, 3.8) is 0 Å². The number of aromatic nitrogens is 3. The largest absolute Gasteiger partial charge is 0.496 e. The number of nitrogens with zero attached hydrogens (tertiary/aromatic N) is 5. The third kappa shape index (κ3) is 6.39. The second-order valence-electron chi connectivity index (χ2n) is 9.91. The van der Waals surface area contributed by atoms with Gasteiger partial charge >= 0.3 is 0 Å². The number of para-hydroxylation sites is 1. The van der Waals surface area contributed by atoms with E-state index in [1.807, 2.05) is 43.3 Å². The topological polar surface area (TPSA) is 122 Å². The van der Waals surface area contributed by atoms with Gasteiger partial charge < -0.3 is 9.47 Å². The predicted molar refractivity (Wildman–Crippen MR) is 183 cm³/mol. The molecule has 5 rings (SSSR count). The average Bonchev–Trinajstić information content (AvgIpc) is 2.98. The lowest BCUT2D eigenvalue weighted by Gasteiger charge is -2.17. The molecule has 2 heterocycles. The van der Waals surface area contributed by atoms with Crippen molar-refractivity contribution < 1.29 is 14.4 Å². The van der Waals surface area contributed by atoms with E-state index in [1.54, 1.807) is 25.5 Å². The first-order valence-corrected chi connectivity index (χ1v) is 15.3. The van der Waals surface area contributed by atoms with Crippen molar-refractivity contribution in [2.75, 3.05) is 7.11 Å². The number of ether oxygens (including phenoxy) is 2. The minimum atomic E-state index is -0.514. The minimum absolute atomic E-state index is 0.119. The van der Waals surface area contributed by atoms with Crippen molar-refractivity contribution in [1.29, 1.82) is 0 Å². The Morgan fingerprint density at radius 1 is 1.07 bits per heavy atom. The average molecular weight is 801 g/mol. The normalized spacial score (nSPS) is 11.4. The lowest BCUT2D eigenvalue weighted by atomic mass is 9.96. The SMILES string of the molecule is COc1cc(C)c(-c2nc3ccccc3c(=O)n2N=Cc2cc(I)c(Oc3ccc([N+](=O)[O-])cn3)c(I)c2)cc1C(C)C. The summed E-state index contributed by atoms with van der Waals surface area (Å²) in [6, 6.07) is 17.7. The summed E-state index contributed by atoms with van der Waals surface area (Å²) in [7, 11) is 1.65. The van der Waals surface area contributed by atoms with E-state index < -0.39 is 4.92 Å². The van der Waals surface area contributed by atoms with Crippen molar-refractivity contribution >= 4 is 68.0 Å². The van der Waals surface area contributed by atoms with E-state index in [0.717, 1.165) is 41.3 Å². The monoisotopic (exact) mass is 801 g/mol. The molecule has 0 spiro atoms. The van der Waals surface area contributed by atoms with Crippen molar-refractivity contribution in [2.45, 2.75) is 26.7 Å². The smallest absolute Gasteiger partial charge is 0.287 e. The number of methoxy groups -OCH3 is 1. The molecule has 0 unspecified atom stereocenters. The highest BCUT2D eigenvalue weighted by Gasteiger charge is 2.19. The Hall–Kier alpha value is -3.92. The molecule has 3 aromatic carbocycles. The van der Waals surface area contributed by atoms with Crippen molar-refractivity contribution in [3.8, 4) is 28.8 Å². The van der Waals surface area contributed by atoms with E-state index in [4.69, 9.17) is 14.5 Å². The lowest BCUT2D eigenvalue weighted by molar-refractivity contribution is -0.385. The quantitative estimate of drug-likeness (QED) is 0.0683. The van der Waals surface area contributed by atoms with Gasteiger partial charge in [-0.1, -0.05) is 26.0 Å². The number of hydrogen-bond donors (Lipinski definition) is 0. The number of fused-ring (bicyclic) bond motifs is 1.